The second-order valence-electron chi connectivity index (χ2n) is 4.11. The lowest BCUT2D eigenvalue weighted by Crippen LogP contribution is -2.26. The van der Waals surface area contributed by atoms with Crippen molar-refractivity contribution in [2.24, 2.45) is 0 Å². The van der Waals surface area contributed by atoms with Crippen LogP contribution in [-0.4, -0.2) is 46.1 Å². The summed E-state index contributed by atoms with van der Waals surface area (Å²) in [6, 6.07) is 6.53. The number of rotatable bonds is 7. The summed E-state index contributed by atoms with van der Waals surface area (Å²) in [4.78, 5) is 0.290. The van der Waals surface area contributed by atoms with E-state index in [1.165, 1.54) is 6.26 Å². The van der Waals surface area contributed by atoms with Crippen LogP contribution in [-0.2, 0) is 14.6 Å². The zero-order valence-electron chi connectivity index (χ0n) is 10.6. The number of methoxy groups -OCH3 is 1. The van der Waals surface area contributed by atoms with Gasteiger partial charge in [0.1, 0.15) is 0 Å². The normalized spacial score (nSPS) is 13.3. The van der Waals surface area contributed by atoms with Gasteiger partial charge in [0.15, 0.2) is 9.84 Å². The molecule has 0 saturated carbocycles. The summed E-state index contributed by atoms with van der Waals surface area (Å²) in [5, 5.41) is 12.1. The van der Waals surface area contributed by atoms with Crippen molar-refractivity contribution in [2.45, 2.75) is 17.4 Å². The number of aliphatic hydroxyl groups is 1. The minimum absolute atomic E-state index is 0.00378. The topological polar surface area (TPSA) is 75.6 Å². The molecule has 0 bridgehead atoms. The van der Waals surface area contributed by atoms with Crippen molar-refractivity contribution in [3.8, 4) is 0 Å². The average molecular weight is 273 g/mol. The molecule has 1 aromatic rings. The summed E-state index contributed by atoms with van der Waals surface area (Å²) in [7, 11) is -1.56. The summed E-state index contributed by atoms with van der Waals surface area (Å²) in [6.45, 7) is 0.552. The van der Waals surface area contributed by atoms with Gasteiger partial charge in [0, 0.05) is 25.7 Å². The van der Waals surface area contributed by atoms with Crippen LogP contribution in [0.5, 0.6) is 0 Å². The molecule has 0 saturated heterocycles. The molecule has 102 valence electrons. The molecular weight excluding hydrogens is 254 g/mol. The van der Waals surface area contributed by atoms with E-state index in [-0.39, 0.29) is 12.6 Å². The first kappa shape index (κ1) is 14.9. The molecule has 0 aliphatic carbocycles. The number of anilines is 1. The van der Waals surface area contributed by atoms with Crippen LogP contribution in [0.3, 0.4) is 0 Å². The van der Waals surface area contributed by atoms with Gasteiger partial charge in [-0.2, -0.15) is 0 Å². The molecule has 0 aromatic heterocycles. The van der Waals surface area contributed by atoms with E-state index in [2.05, 4.69) is 5.32 Å². The van der Waals surface area contributed by atoms with Crippen molar-refractivity contribution < 1.29 is 18.3 Å². The second kappa shape index (κ2) is 6.72. The Morgan fingerprint density at radius 1 is 1.33 bits per heavy atom. The van der Waals surface area contributed by atoms with Crippen molar-refractivity contribution in [1.29, 1.82) is 0 Å². The van der Waals surface area contributed by atoms with Gasteiger partial charge >= 0.3 is 0 Å². The molecule has 18 heavy (non-hydrogen) atoms. The molecule has 0 heterocycles. The van der Waals surface area contributed by atoms with Crippen LogP contribution in [0.1, 0.15) is 6.42 Å². The number of nitrogens with one attached hydrogen (secondary N) is 1. The fourth-order valence-electron chi connectivity index (χ4n) is 1.59. The zero-order valence-corrected chi connectivity index (χ0v) is 11.4. The smallest absolute Gasteiger partial charge is 0.175 e. The predicted octanol–water partition coefficient (Wildman–Crippen LogP) is 0.899. The Labute approximate surface area is 108 Å². The highest BCUT2D eigenvalue weighted by molar-refractivity contribution is 7.90. The maximum absolute atomic E-state index is 11.3. The molecule has 0 fully saturated rings. The van der Waals surface area contributed by atoms with E-state index in [0.717, 1.165) is 5.69 Å². The lowest BCUT2D eigenvalue weighted by Gasteiger charge is -2.18. The molecule has 0 spiro atoms. The molecule has 1 unspecified atom stereocenters. The highest BCUT2D eigenvalue weighted by Gasteiger charge is 2.09. The first-order valence-electron chi connectivity index (χ1n) is 5.64. The van der Waals surface area contributed by atoms with Gasteiger partial charge in [-0.3, -0.25) is 0 Å². The third kappa shape index (κ3) is 4.64. The quantitative estimate of drug-likeness (QED) is 0.772. The van der Waals surface area contributed by atoms with Crippen molar-refractivity contribution in [2.75, 3.05) is 31.9 Å². The SMILES string of the molecule is COCC(CCO)Nc1ccc(S(C)(=O)=O)cc1. The highest BCUT2D eigenvalue weighted by Crippen LogP contribution is 2.15. The Hall–Kier alpha value is -1.11. The van der Waals surface area contributed by atoms with Crippen LogP contribution < -0.4 is 5.32 Å². The molecule has 6 heteroatoms. The Balaban J connectivity index is 2.73. The summed E-state index contributed by atoms with van der Waals surface area (Å²) in [5.74, 6) is 0. The molecular formula is C12H19NO4S. The van der Waals surface area contributed by atoms with Crippen LogP contribution in [0.25, 0.3) is 0 Å². The van der Waals surface area contributed by atoms with Crippen LogP contribution in [0.4, 0.5) is 5.69 Å². The Kier molecular flexibility index (Phi) is 5.58. The molecule has 5 nitrogen and oxygen atoms in total. The van der Waals surface area contributed by atoms with Crippen LogP contribution >= 0.6 is 0 Å². The maximum Gasteiger partial charge on any atom is 0.175 e. The van der Waals surface area contributed by atoms with Gasteiger partial charge in [0.2, 0.25) is 0 Å². The first-order valence-corrected chi connectivity index (χ1v) is 7.53. The number of hydrogen-bond acceptors (Lipinski definition) is 5. The van der Waals surface area contributed by atoms with Crippen LogP contribution in [0.15, 0.2) is 29.2 Å². The number of benzene rings is 1. The molecule has 0 amide bonds. The average Bonchev–Trinajstić information content (AvgIpc) is 2.29. The van der Waals surface area contributed by atoms with E-state index in [1.54, 1.807) is 31.4 Å². The van der Waals surface area contributed by atoms with Crippen LogP contribution in [0, 0.1) is 0 Å². The fourth-order valence-corrected chi connectivity index (χ4v) is 2.22. The van der Waals surface area contributed by atoms with Gasteiger partial charge in [-0.15, -0.1) is 0 Å². The molecule has 1 aromatic carbocycles. The zero-order chi connectivity index (χ0) is 13.6. The van der Waals surface area contributed by atoms with E-state index in [9.17, 15) is 8.42 Å². The summed E-state index contributed by atoms with van der Waals surface area (Å²) in [5.41, 5.74) is 0.804. The third-order valence-corrected chi connectivity index (χ3v) is 3.63. The molecule has 0 aliphatic heterocycles. The monoisotopic (exact) mass is 273 g/mol. The number of sulfone groups is 1. The minimum atomic E-state index is -3.16. The Bertz CT molecular complexity index is 449. The van der Waals surface area contributed by atoms with Crippen LogP contribution in [0.2, 0.25) is 0 Å². The van der Waals surface area contributed by atoms with Gasteiger partial charge in [-0.25, -0.2) is 8.42 Å². The van der Waals surface area contributed by atoms with Crippen molar-refractivity contribution in [3.63, 3.8) is 0 Å². The van der Waals surface area contributed by atoms with Gasteiger partial charge in [0.25, 0.3) is 0 Å². The van der Waals surface area contributed by atoms with E-state index < -0.39 is 9.84 Å². The van der Waals surface area contributed by atoms with Gasteiger partial charge in [-0.1, -0.05) is 0 Å². The maximum atomic E-state index is 11.3. The van der Waals surface area contributed by atoms with E-state index >= 15 is 0 Å². The van der Waals surface area contributed by atoms with Crippen molar-refractivity contribution >= 4 is 15.5 Å². The standard InChI is InChI=1S/C12H19NO4S/c1-17-9-11(7-8-14)13-10-3-5-12(6-4-10)18(2,15)16/h3-6,11,13-14H,7-9H2,1-2H3. The van der Waals surface area contributed by atoms with Gasteiger partial charge in [0.05, 0.1) is 17.5 Å². The fraction of sp³-hybridized carbons (Fsp3) is 0.500. The van der Waals surface area contributed by atoms with E-state index in [0.29, 0.717) is 17.9 Å². The van der Waals surface area contributed by atoms with Gasteiger partial charge in [-0.05, 0) is 30.7 Å². The number of ether oxygens (including phenoxy) is 1. The molecule has 1 rings (SSSR count). The number of aliphatic hydroxyl groups excluding tert-OH is 1. The molecule has 1 atom stereocenters. The lowest BCUT2D eigenvalue weighted by molar-refractivity contribution is 0.170. The summed E-state index contributed by atoms with van der Waals surface area (Å²) < 4.78 is 27.6. The van der Waals surface area contributed by atoms with Crippen molar-refractivity contribution in [1.82, 2.24) is 0 Å². The largest absolute Gasteiger partial charge is 0.396 e. The van der Waals surface area contributed by atoms with Crippen molar-refractivity contribution in [3.05, 3.63) is 24.3 Å². The first-order chi connectivity index (χ1) is 8.47. The van der Waals surface area contributed by atoms with Gasteiger partial charge < -0.3 is 15.2 Å². The van der Waals surface area contributed by atoms with E-state index in [4.69, 9.17) is 9.84 Å². The third-order valence-electron chi connectivity index (χ3n) is 2.50. The summed E-state index contributed by atoms with van der Waals surface area (Å²) >= 11 is 0. The minimum Gasteiger partial charge on any atom is -0.396 e. The van der Waals surface area contributed by atoms with E-state index in [1.807, 2.05) is 0 Å². The highest BCUT2D eigenvalue weighted by atomic mass is 32.2. The lowest BCUT2D eigenvalue weighted by atomic mass is 10.2. The summed E-state index contributed by atoms with van der Waals surface area (Å²) in [6.07, 6.45) is 1.75. The molecule has 0 radical (unpaired) electrons. The second-order valence-corrected chi connectivity index (χ2v) is 6.12. The predicted molar refractivity (Wildman–Crippen MR) is 70.5 cm³/mol. The Morgan fingerprint density at radius 2 is 1.94 bits per heavy atom. The number of hydrogen-bond donors (Lipinski definition) is 2. The Morgan fingerprint density at radius 3 is 2.39 bits per heavy atom. The molecule has 0 aliphatic rings. The molecule has 2 N–H and O–H groups in total.